The minimum Gasteiger partial charge on any atom is -0.380 e. The molecule has 1 saturated carbocycles. The summed E-state index contributed by atoms with van der Waals surface area (Å²) in [5.74, 6) is -0.496. The number of amides is 1. The molecule has 1 heterocycles. The summed E-state index contributed by atoms with van der Waals surface area (Å²) in [6.45, 7) is 0.636. The molecule has 0 atom stereocenters. The third-order valence-corrected chi connectivity index (χ3v) is 5.78. The molecule has 132 valence electrons. The van der Waals surface area contributed by atoms with Gasteiger partial charge in [-0.3, -0.25) is 4.79 Å². The maximum atomic E-state index is 14.2. The van der Waals surface area contributed by atoms with E-state index in [-0.39, 0.29) is 36.3 Å². The Hall–Kier alpha value is -1.21. The third-order valence-electron chi connectivity index (χ3n) is 4.59. The fraction of sp³-hybridized carbons (Fsp3) is 0.471. The minimum atomic E-state index is -0.323. The van der Waals surface area contributed by atoms with Crippen LogP contribution < -0.4 is 11.1 Å². The highest BCUT2D eigenvalue weighted by Crippen LogP contribution is 2.35. The first-order valence-electron chi connectivity index (χ1n) is 7.81. The Morgan fingerprint density at radius 1 is 1.42 bits per heavy atom. The molecule has 3 N–H and O–H groups in total. The van der Waals surface area contributed by atoms with Crippen LogP contribution >= 0.6 is 23.7 Å². The molecule has 1 aromatic heterocycles. The van der Waals surface area contributed by atoms with Gasteiger partial charge in [0.1, 0.15) is 5.82 Å². The zero-order valence-corrected chi connectivity index (χ0v) is 15.2. The van der Waals surface area contributed by atoms with Crippen molar-refractivity contribution in [2.24, 2.45) is 5.73 Å². The SMILES string of the molecule is COCc1c(C(=O)NC2(CN)CCCC2)sc2cccc(F)c12.Cl. The summed E-state index contributed by atoms with van der Waals surface area (Å²) in [5, 5.41) is 3.59. The summed E-state index contributed by atoms with van der Waals surface area (Å²) in [5.41, 5.74) is 6.19. The van der Waals surface area contributed by atoms with Crippen molar-refractivity contribution in [3.63, 3.8) is 0 Å². The maximum Gasteiger partial charge on any atom is 0.262 e. The van der Waals surface area contributed by atoms with Crippen molar-refractivity contribution in [1.82, 2.24) is 5.32 Å². The van der Waals surface area contributed by atoms with Crippen molar-refractivity contribution >= 4 is 39.7 Å². The summed E-state index contributed by atoms with van der Waals surface area (Å²) in [6, 6.07) is 4.90. The number of hydrogen-bond acceptors (Lipinski definition) is 4. The number of thiophene rings is 1. The quantitative estimate of drug-likeness (QED) is 0.842. The first kappa shape index (κ1) is 19.1. The number of benzene rings is 1. The summed E-state index contributed by atoms with van der Waals surface area (Å²) in [4.78, 5) is 13.3. The number of nitrogens with two attached hydrogens (primary N) is 1. The van der Waals surface area contributed by atoms with Gasteiger partial charge in [-0.1, -0.05) is 18.9 Å². The topological polar surface area (TPSA) is 64.3 Å². The van der Waals surface area contributed by atoms with Gasteiger partial charge >= 0.3 is 0 Å². The molecular formula is C17H22ClFN2O2S. The molecule has 0 unspecified atom stereocenters. The molecule has 0 aliphatic heterocycles. The van der Waals surface area contributed by atoms with E-state index in [9.17, 15) is 9.18 Å². The average molecular weight is 373 g/mol. The van der Waals surface area contributed by atoms with Crippen LogP contribution in [0, 0.1) is 5.82 Å². The summed E-state index contributed by atoms with van der Waals surface area (Å²) in [7, 11) is 1.55. The van der Waals surface area contributed by atoms with Crippen LogP contribution in [0.2, 0.25) is 0 Å². The zero-order chi connectivity index (χ0) is 16.4. The lowest BCUT2D eigenvalue weighted by atomic mass is 9.97. The van der Waals surface area contributed by atoms with Crippen molar-refractivity contribution in [1.29, 1.82) is 0 Å². The second kappa shape index (κ2) is 7.78. The lowest BCUT2D eigenvalue weighted by molar-refractivity contribution is 0.0903. The molecule has 0 bridgehead atoms. The van der Waals surface area contributed by atoms with Gasteiger partial charge in [-0.15, -0.1) is 23.7 Å². The van der Waals surface area contributed by atoms with Gasteiger partial charge < -0.3 is 15.8 Å². The molecule has 1 fully saturated rings. The van der Waals surface area contributed by atoms with Crippen molar-refractivity contribution in [3.8, 4) is 0 Å². The van der Waals surface area contributed by atoms with E-state index >= 15 is 0 Å². The number of ether oxygens (including phenoxy) is 1. The molecule has 2 aromatic rings. The van der Waals surface area contributed by atoms with Crippen LogP contribution in [0.15, 0.2) is 18.2 Å². The largest absolute Gasteiger partial charge is 0.380 e. The first-order chi connectivity index (χ1) is 11.1. The standard InChI is InChI=1S/C17H21FN2O2S.ClH/c1-22-9-11-14-12(18)5-4-6-13(14)23-15(11)16(21)20-17(10-19)7-2-3-8-17;/h4-6H,2-3,7-10,19H2,1H3,(H,20,21);1H. The van der Waals surface area contributed by atoms with Crippen LogP contribution in [0.3, 0.4) is 0 Å². The van der Waals surface area contributed by atoms with E-state index in [2.05, 4.69) is 5.32 Å². The van der Waals surface area contributed by atoms with E-state index in [0.717, 1.165) is 30.4 Å². The van der Waals surface area contributed by atoms with Gasteiger partial charge in [-0.05, 0) is 25.0 Å². The maximum absolute atomic E-state index is 14.2. The first-order valence-corrected chi connectivity index (χ1v) is 8.63. The Balaban J connectivity index is 0.00000208. The molecule has 1 aliphatic carbocycles. The van der Waals surface area contributed by atoms with Gasteiger partial charge in [0.2, 0.25) is 0 Å². The highest BCUT2D eigenvalue weighted by Gasteiger charge is 2.35. The van der Waals surface area contributed by atoms with Gasteiger partial charge in [0.05, 0.1) is 17.0 Å². The van der Waals surface area contributed by atoms with Crippen LogP contribution in [0.4, 0.5) is 4.39 Å². The van der Waals surface area contributed by atoms with Gasteiger partial charge in [0.25, 0.3) is 5.91 Å². The monoisotopic (exact) mass is 372 g/mol. The zero-order valence-electron chi connectivity index (χ0n) is 13.6. The molecule has 24 heavy (non-hydrogen) atoms. The van der Waals surface area contributed by atoms with E-state index in [0.29, 0.717) is 22.4 Å². The fourth-order valence-corrected chi connectivity index (χ4v) is 4.48. The van der Waals surface area contributed by atoms with Crippen LogP contribution in [0.5, 0.6) is 0 Å². The normalized spacial score (nSPS) is 16.1. The molecule has 7 heteroatoms. The number of fused-ring (bicyclic) bond motifs is 1. The summed E-state index contributed by atoms with van der Waals surface area (Å²) in [6.07, 6.45) is 3.94. The summed E-state index contributed by atoms with van der Waals surface area (Å²) >= 11 is 1.31. The molecule has 0 saturated heterocycles. The summed E-state index contributed by atoms with van der Waals surface area (Å²) < 4.78 is 20.1. The molecule has 0 radical (unpaired) electrons. The van der Waals surface area contributed by atoms with Crippen LogP contribution in [0.25, 0.3) is 10.1 Å². The van der Waals surface area contributed by atoms with Crippen molar-refractivity contribution in [2.75, 3.05) is 13.7 Å². The number of hydrogen-bond donors (Lipinski definition) is 2. The molecular weight excluding hydrogens is 351 g/mol. The molecule has 4 nitrogen and oxygen atoms in total. The molecule has 3 rings (SSSR count). The van der Waals surface area contributed by atoms with Crippen LogP contribution in [-0.2, 0) is 11.3 Å². The predicted octanol–water partition coefficient (Wildman–Crippen LogP) is 3.61. The van der Waals surface area contributed by atoms with Gasteiger partial charge in [0, 0.05) is 29.3 Å². The smallest absolute Gasteiger partial charge is 0.262 e. The predicted molar refractivity (Wildman–Crippen MR) is 97.5 cm³/mol. The third kappa shape index (κ3) is 3.42. The minimum absolute atomic E-state index is 0. The van der Waals surface area contributed by atoms with Crippen molar-refractivity contribution < 1.29 is 13.9 Å². The highest BCUT2D eigenvalue weighted by molar-refractivity contribution is 7.21. The van der Waals surface area contributed by atoms with E-state index in [4.69, 9.17) is 10.5 Å². The van der Waals surface area contributed by atoms with E-state index < -0.39 is 0 Å². The fourth-order valence-electron chi connectivity index (χ4n) is 3.36. The van der Waals surface area contributed by atoms with Crippen LogP contribution in [-0.4, -0.2) is 25.1 Å². The Labute approximate surface area is 151 Å². The lowest BCUT2D eigenvalue weighted by Gasteiger charge is -2.28. The Bertz CT molecular complexity index is 729. The lowest BCUT2D eigenvalue weighted by Crippen LogP contribution is -2.51. The Morgan fingerprint density at radius 3 is 2.75 bits per heavy atom. The van der Waals surface area contributed by atoms with Crippen LogP contribution in [0.1, 0.15) is 40.9 Å². The Kier molecular flexibility index (Phi) is 6.20. The molecule has 1 aliphatic rings. The van der Waals surface area contributed by atoms with E-state index in [1.165, 1.54) is 17.4 Å². The number of halogens is 2. The van der Waals surface area contributed by atoms with Crippen molar-refractivity contribution in [2.45, 2.75) is 37.8 Å². The highest BCUT2D eigenvalue weighted by atomic mass is 35.5. The molecule has 0 spiro atoms. The second-order valence-electron chi connectivity index (χ2n) is 6.10. The number of methoxy groups -OCH3 is 1. The average Bonchev–Trinajstić information content (AvgIpc) is 3.14. The number of rotatable bonds is 5. The van der Waals surface area contributed by atoms with Gasteiger partial charge in [0.15, 0.2) is 0 Å². The van der Waals surface area contributed by atoms with Gasteiger partial charge in [-0.2, -0.15) is 0 Å². The number of nitrogens with one attached hydrogen (secondary N) is 1. The van der Waals surface area contributed by atoms with Crippen molar-refractivity contribution in [3.05, 3.63) is 34.5 Å². The second-order valence-corrected chi connectivity index (χ2v) is 7.15. The number of carbonyl (C=O) groups excluding carboxylic acids is 1. The molecule has 1 amide bonds. The van der Waals surface area contributed by atoms with E-state index in [1.54, 1.807) is 13.2 Å². The van der Waals surface area contributed by atoms with E-state index in [1.807, 2.05) is 6.07 Å². The van der Waals surface area contributed by atoms with Gasteiger partial charge in [-0.25, -0.2) is 4.39 Å². The number of carbonyl (C=O) groups is 1. The molecule has 1 aromatic carbocycles. The Morgan fingerprint density at radius 2 is 2.12 bits per heavy atom.